The molecule has 0 aliphatic rings. The molecule has 0 radical (unpaired) electrons. The van der Waals surface area contributed by atoms with Gasteiger partial charge in [-0.1, -0.05) is 6.92 Å². The summed E-state index contributed by atoms with van der Waals surface area (Å²) in [4.78, 5) is 21.2. The zero-order valence-electron chi connectivity index (χ0n) is 7.90. The molecule has 0 bridgehead atoms. The molecule has 76 valence electrons. The lowest BCUT2D eigenvalue weighted by Gasteiger charge is -2.26. The summed E-state index contributed by atoms with van der Waals surface area (Å²) in [6, 6.07) is 0. The predicted octanol–water partition coefficient (Wildman–Crippen LogP) is 0.369. The summed E-state index contributed by atoms with van der Waals surface area (Å²) in [5, 5.41) is 18.0. The van der Waals surface area contributed by atoms with Crippen molar-refractivity contribution in [3.05, 3.63) is 0 Å². The maximum absolute atomic E-state index is 10.8. The maximum atomic E-state index is 10.8. The highest BCUT2D eigenvalue weighted by Gasteiger charge is 2.37. The first-order chi connectivity index (χ1) is 5.81. The minimum absolute atomic E-state index is 0.0997. The third-order valence-corrected chi connectivity index (χ3v) is 1.78. The quantitative estimate of drug-likeness (QED) is 0.494. The summed E-state index contributed by atoms with van der Waals surface area (Å²) in [7, 11) is 0. The van der Waals surface area contributed by atoms with Gasteiger partial charge in [0.15, 0.2) is 0 Å². The first-order valence-corrected chi connectivity index (χ1v) is 3.98. The SMILES string of the molecule is CCC(=O)OC(C)(O)C(C)C(=O)O. The summed E-state index contributed by atoms with van der Waals surface area (Å²) in [6.07, 6.45) is 0.0997. The molecule has 0 aromatic carbocycles. The molecule has 0 saturated heterocycles. The Morgan fingerprint density at radius 2 is 2.00 bits per heavy atom. The number of hydrogen-bond donors (Lipinski definition) is 2. The van der Waals surface area contributed by atoms with E-state index in [-0.39, 0.29) is 6.42 Å². The van der Waals surface area contributed by atoms with Gasteiger partial charge in [-0.3, -0.25) is 9.59 Å². The van der Waals surface area contributed by atoms with E-state index in [2.05, 4.69) is 4.74 Å². The van der Waals surface area contributed by atoms with Crippen molar-refractivity contribution in [1.82, 2.24) is 0 Å². The molecule has 13 heavy (non-hydrogen) atoms. The number of ether oxygens (including phenoxy) is 1. The number of hydrogen-bond acceptors (Lipinski definition) is 4. The topological polar surface area (TPSA) is 83.8 Å². The Balaban J connectivity index is 4.38. The number of esters is 1. The van der Waals surface area contributed by atoms with E-state index >= 15 is 0 Å². The van der Waals surface area contributed by atoms with Crippen molar-refractivity contribution in [2.45, 2.75) is 33.0 Å². The molecule has 0 saturated carbocycles. The zero-order valence-corrected chi connectivity index (χ0v) is 7.90. The fourth-order valence-electron chi connectivity index (χ4n) is 0.620. The molecule has 0 fully saturated rings. The van der Waals surface area contributed by atoms with Crippen molar-refractivity contribution in [3.8, 4) is 0 Å². The molecular weight excluding hydrogens is 176 g/mol. The van der Waals surface area contributed by atoms with Crippen molar-refractivity contribution in [2.24, 2.45) is 5.92 Å². The Morgan fingerprint density at radius 1 is 1.54 bits per heavy atom. The van der Waals surface area contributed by atoms with Gasteiger partial charge in [-0.25, -0.2) is 0 Å². The van der Waals surface area contributed by atoms with Crippen LogP contribution in [0.4, 0.5) is 0 Å². The first kappa shape index (κ1) is 11.9. The van der Waals surface area contributed by atoms with Gasteiger partial charge >= 0.3 is 11.9 Å². The van der Waals surface area contributed by atoms with Crippen LogP contribution >= 0.6 is 0 Å². The normalized spacial score (nSPS) is 17.2. The smallest absolute Gasteiger partial charge is 0.312 e. The summed E-state index contributed by atoms with van der Waals surface area (Å²) < 4.78 is 4.55. The highest BCUT2D eigenvalue weighted by Crippen LogP contribution is 2.19. The van der Waals surface area contributed by atoms with Crippen LogP contribution in [0.2, 0.25) is 0 Å². The van der Waals surface area contributed by atoms with E-state index in [1.165, 1.54) is 6.92 Å². The molecule has 2 atom stereocenters. The number of rotatable bonds is 4. The van der Waals surface area contributed by atoms with E-state index in [1.54, 1.807) is 6.92 Å². The molecule has 5 nitrogen and oxygen atoms in total. The number of aliphatic carboxylic acids is 1. The van der Waals surface area contributed by atoms with E-state index in [0.717, 1.165) is 6.92 Å². The molecule has 0 aromatic rings. The minimum Gasteiger partial charge on any atom is -0.481 e. The summed E-state index contributed by atoms with van der Waals surface area (Å²) in [6.45, 7) is 3.98. The van der Waals surface area contributed by atoms with Crippen LogP contribution in [0, 0.1) is 5.92 Å². The van der Waals surface area contributed by atoms with Gasteiger partial charge in [0.2, 0.25) is 5.79 Å². The largest absolute Gasteiger partial charge is 0.481 e. The van der Waals surface area contributed by atoms with E-state index < -0.39 is 23.6 Å². The summed E-state index contributed by atoms with van der Waals surface area (Å²) in [5.41, 5.74) is 0. The predicted molar refractivity (Wildman–Crippen MR) is 43.8 cm³/mol. The van der Waals surface area contributed by atoms with Crippen LogP contribution in [0.15, 0.2) is 0 Å². The standard InChI is InChI=1S/C8H14O5/c1-4-6(9)13-8(3,12)5(2)7(10)11/h5,12H,4H2,1-3H3,(H,10,11). The van der Waals surface area contributed by atoms with E-state index in [0.29, 0.717) is 0 Å². The van der Waals surface area contributed by atoms with Crippen LogP contribution in [0.1, 0.15) is 27.2 Å². The third-order valence-electron chi connectivity index (χ3n) is 1.78. The lowest BCUT2D eigenvalue weighted by Crippen LogP contribution is -2.42. The summed E-state index contributed by atoms with van der Waals surface area (Å²) in [5.74, 6) is -4.94. The second-order valence-electron chi connectivity index (χ2n) is 2.94. The lowest BCUT2D eigenvalue weighted by atomic mass is 10.0. The van der Waals surface area contributed by atoms with Crippen molar-refractivity contribution in [1.29, 1.82) is 0 Å². The summed E-state index contributed by atoms with van der Waals surface area (Å²) >= 11 is 0. The van der Waals surface area contributed by atoms with Crippen molar-refractivity contribution in [2.75, 3.05) is 0 Å². The van der Waals surface area contributed by atoms with Gasteiger partial charge in [0, 0.05) is 13.3 Å². The van der Waals surface area contributed by atoms with E-state index in [4.69, 9.17) is 5.11 Å². The molecule has 0 amide bonds. The van der Waals surface area contributed by atoms with Gasteiger partial charge in [0.05, 0.1) is 0 Å². The van der Waals surface area contributed by atoms with Crippen LogP contribution in [0.25, 0.3) is 0 Å². The fourth-order valence-corrected chi connectivity index (χ4v) is 0.620. The van der Waals surface area contributed by atoms with E-state index in [1.807, 2.05) is 0 Å². The highest BCUT2D eigenvalue weighted by atomic mass is 16.7. The molecular formula is C8H14O5. The van der Waals surface area contributed by atoms with Gasteiger partial charge in [-0.2, -0.15) is 0 Å². The Morgan fingerprint density at radius 3 is 2.31 bits per heavy atom. The Bertz CT molecular complexity index is 209. The first-order valence-electron chi connectivity index (χ1n) is 3.98. The minimum atomic E-state index is -1.95. The van der Waals surface area contributed by atoms with E-state index in [9.17, 15) is 14.7 Å². The lowest BCUT2D eigenvalue weighted by molar-refractivity contribution is -0.223. The Hall–Kier alpha value is -1.10. The molecule has 0 aliphatic carbocycles. The number of carboxylic acids is 1. The number of carbonyl (C=O) groups excluding carboxylic acids is 1. The van der Waals surface area contributed by atoms with Gasteiger partial charge in [-0.15, -0.1) is 0 Å². The fraction of sp³-hybridized carbons (Fsp3) is 0.750. The van der Waals surface area contributed by atoms with Crippen LogP contribution in [0.5, 0.6) is 0 Å². The van der Waals surface area contributed by atoms with Crippen LogP contribution < -0.4 is 0 Å². The molecule has 0 aromatic heterocycles. The van der Waals surface area contributed by atoms with Crippen molar-refractivity contribution >= 4 is 11.9 Å². The van der Waals surface area contributed by atoms with Gasteiger partial charge in [-0.05, 0) is 6.92 Å². The molecule has 2 unspecified atom stereocenters. The number of aliphatic hydroxyl groups is 1. The maximum Gasteiger partial charge on any atom is 0.312 e. The second kappa shape index (κ2) is 4.23. The molecule has 5 heteroatoms. The number of carboxylic acid groups (broad SMARTS) is 1. The molecule has 2 N–H and O–H groups in total. The molecule has 0 aliphatic heterocycles. The molecule has 0 rings (SSSR count). The Kier molecular flexibility index (Phi) is 3.87. The van der Waals surface area contributed by atoms with Gasteiger partial charge in [0.25, 0.3) is 0 Å². The molecule has 0 spiro atoms. The highest BCUT2D eigenvalue weighted by molar-refractivity contribution is 5.73. The van der Waals surface area contributed by atoms with Crippen LogP contribution in [-0.2, 0) is 14.3 Å². The monoisotopic (exact) mass is 190 g/mol. The second-order valence-corrected chi connectivity index (χ2v) is 2.94. The number of carbonyl (C=O) groups is 2. The third kappa shape index (κ3) is 3.42. The average molecular weight is 190 g/mol. The molecule has 0 heterocycles. The van der Waals surface area contributed by atoms with Crippen LogP contribution in [0.3, 0.4) is 0 Å². The van der Waals surface area contributed by atoms with Crippen molar-refractivity contribution < 1.29 is 24.5 Å². The van der Waals surface area contributed by atoms with Crippen molar-refractivity contribution in [3.63, 3.8) is 0 Å². The van der Waals surface area contributed by atoms with Crippen LogP contribution in [-0.4, -0.2) is 27.9 Å². The van der Waals surface area contributed by atoms with Gasteiger partial charge < -0.3 is 14.9 Å². The average Bonchev–Trinajstić information content (AvgIpc) is 2.01. The van der Waals surface area contributed by atoms with Gasteiger partial charge in [0.1, 0.15) is 5.92 Å². The Labute approximate surface area is 76.3 Å². The zero-order chi connectivity index (χ0) is 10.6.